The van der Waals surface area contributed by atoms with E-state index < -0.39 is 0 Å². The lowest BCUT2D eigenvalue weighted by Crippen LogP contribution is -1.88. The van der Waals surface area contributed by atoms with Crippen molar-refractivity contribution in [2.24, 2.45) is 0 Å². The first-order valence-electron chi connectivity index (χ1n) is 5.44. The molecule has 90 valence electrons. The summed E-state index contributed by atoms with van der Waals surface area (Å²) in [6, 6.07) is 13.6. The van der Waals surface area contributed by atoms with Gasteiger partial charge in [-0.05, 0) is 29.8 Å². The van der Waals surface area contributed by atoms with Gasteiger partial charge >= 0.3 is 0 Å². The van der Waals surface area contributed by atoms with Crippen LogP contribution in [0.3, 0.4) is 0 Å². The summed E-state index contributed by atoms with van der Waals surface area (Å²) in [7, 11) is 1.65. The number of pyridine rings is 1. The van der Waals surface area contributed by atoms with Gasteiger partial charge in [-0.3, -0.25) is 0 Å². The summed E-state index contributed by atoms with van der Waals surface area (Å²) < 4.78 is 5.11. The highest BCUT2D eigenvalue weighted by molar-refractivity contribution is 7.98. The maximum Gasteiger partial charge on any atom is 0.118 e. The van der Waals surface area contributed by atoms with Gasteiger partial charge in [-0.2, -0.15) is 5.26 Å². The maximum absolute atomic E-state index is 8.96. The van der Waals surface area contributed by atoms with Crippen LogP contribution in [0.5, 0.6) is 5.75 Å². The Morgan fingerprint density at radius 1 is 1.28 bits per heavy atom. The third-order valence-corrected chi connectivity index (χ3v) is 3.50. The molecular weight excluding hydrogens is 244 g/mol. The Hall–Kier alpha value is -1.99. The van der Waals surface area contributed by atoms with Crippen LogP contribution in [0.15, 0.2) is 47.6 Å². The number of thioether (sulfide) groups is 1. The Kier molecular flexibility index (Phi) is 4.21. The molecule has 0 atom stereocenters. The van der Waals surface area contributed by atoms with E-state index >= 15 is 0 Å². The molecule has 0 radical (unpaired) electrons. The predicted molar refractivity (Wildman–Crippen MR) is 71.5 cm³/mol. The Labute approximate surface area is 110 Å². The first kappa shape index (κ1) is 12.5. The zero-order valence-corrected chi connectivity index (χ0v) is 10.8. The molecule has 0 bridgehead atoms. The average molecular weight is 256 g/mol. The van der Waals surface area contributed by atoms with E-state index in [1.165, 1.54) is 5.56 Å². The van der Waals surface area contributed by atoms with Gasteiger partial charge in [-0.25, -0.2) is 4.98 Å². The van der Waals surface area contributed by atoms with E-state index in [1.54, 1.807) is 37.2 Å². The lowest BCUT2D eigenvalue weighted by Gasteiger charge is -2.04. The first-order chi connectivity index (χ1) is 8.83. The zero-order valence-electron chi connectivity index (χ0n) is 9.96. The van der Waals surface area contributed by atoms with E-state index in [0.29, 0.717) is 5.56 Å². The van der Waals surface area contributed by atoms with Crippen LogP contribution in [-0.4, -0.2) is 12.1 Å². The Morgan fingerprint density at radius 2 is 2.06 bits per heavy atom. The summed E-state index contributed by atoms with van der Waals surface area (Å²) in [5.74, 6) is 1.63. The van der Waals surface area contributed by atoms with E-state index in [2.05, 4.69) is 11.1 Å². The van der Waals surface area contributed by atoms with Gasteiger partial charge in [0.2, 0.25) is 0 Å². The fraction of sp³-hybridized carbons (Fsp3) is 0.143. The standard InChI is InChI=1S/C14H12N2OS/c1-17-13-6-4-11(5-7-13)10-18-14-12(9-15)3-2-8-16-14/h2-8H,10H2,1H3. The van der Waals surface area contributed by atoms with Gasteiger partial charge in [-0.15, -0.1) is 11.8 Å². The van der Waals surface area contributed by atoms with E-state index in [-0.39, 0.29) is 0 Å². The quantitative estimate of drug-likeness (QED) is 0.788. The van der Waals surface area contributed by atoms with Crippen LogP contribution in [0.4, 0.5) is 0 Å². The molecule has 4 heteroatoms. The minimum atomic E-state index is 0.621. The molecule has 0 aliphatic carbocycles. The smallest absolute Gasteiger partial charge is 0.118 e. The largest absolute Gasteiger partial charge is 0.497 e. The molecule has 0 unspecified atom stereocenters. The van der Waals surface area contributed by atoms with Gasteiger partial charge in [0.25, 0.3) is 0 Å². The van der Waals surface area contributed by atoms with Crippen molar-refractivity contribution in [3.63, 3.8) is 0 Å². The van der Waals surface area contributed by atoms with Crippen molar-refractivity contribution in [1.82, 2.24) is 4.98 Å². The van der Waals surface area contributed by atoms with Crippen molar-refractivity contribution in [2.75, 3.05) is 7.11 Å². The van der Waals surface area contributed by atoms with Gasteiger partial charge in [0.15, 0.2) is 0 Å². The van der Waals surface area contributed by atoms with Crippen molar-refractivity contribution >= 4 is 11.8 Å². The molecule has 18 heavy (non-hydrogen) atoms. The summed E-state index contributed by atoms with van der Waals surface area (Å²) in [5.41, 5.74) is 1.80. The lowest BCUT2D eigenvalue weighted by molar-refractivity contribution is 0.414. The number of rotatable bonds is 4. The molecule has 0 saturated carbocycles. The summed E-state index contributed by atoms with van der Waals surface area (Å²) in [6.45, 7) is 0. The molecule has 0 spiro atoms. The van der Waals surface area contributed by atoms with Gasteiger partial charge in [0.1, 0.15) is 16.8 Å². The molecule has 0 aliphatic heterocycles. The second-order valence-corrected chi connectivity index (χ2v) is 4.57. The minimum absolute atomic E-state index is 0.621. The fourth-order valence-corrected chi connectivity index (χ4v) is 2.36. The fourth-order valence-electron chi connectivity index (χ4n) is 1.46. The highest BCUT2D eigenvalue weighted by Gasteiger charge is 2.03. The van der Waals surface area contributed by atoms with Crippen LogP contribution in [0.1, 0.15) is 11.1 Å². The monoisotopic (exact) mass is 256 g/mol. The molecule has 0 aliphatic rings. The summed E-state index contributed by atoms with van der Waals surface area (Å²) in [6.07, 6.45) is 1.71. The van der Waals surface area contributed by atoms with Crippen LogP contribution < -0.4 is 4.74 Å². The normalized spacial score (nSPS) is 9.78. The zero-order chi connectivity index (χ0) is 12.8. The van der Waals surface area contributed by atoms with Crippen molar-refractivity contribution in [1.29, 1.82) is 5.26 Å². The SMILES string of the molecule is COc1ccc(CSc2ncccc2C#N)cc1. The van der Waals surface area contributed by atoms with E-state index in [0.717, 1.165) is 16.5 Å². The Bertz CT molecular complexity index is 561. The number of nitrogens with zero attached hydrogens (tertiary/aromatic N) is 2. The molecule has 1 aromatic carbocycles. The van der Waals surface area contributed by atoms with Crippen molar-refractivity contribution in [3.8, 4) is 11.8 Å². The molecule has 1 aromatic heterocycles. The number of hydrogen-bond donors (Lipinski definition) is 0. The number of aromatic nitrogens is 1. The summed E-state index contributed by atoms with van der Waals surface area (Å²) in [5, 5.41) is 9.74. The lowest BCUT2D eigenvalue weighted by atomic mass is 10.2. The van der Waals surface area contributed by atoms with Crippen LogP contribution in [0.25, 0.3) is 0 Å². The predicted octanol–water partition coefficient (Wildman–Crippen LogP) is 3.25. The second kappa shape index (κ2) is 6.08. The highest BCUT2D eigenvalue weighted by Crippen LogP contribution is 2.24. The second-order valence-electron chi connectivity index (χ2n) is 3.60. The van der Waals surface area contributed by atoms with Crippen molar-refractivity contribution < 1.29 is 4.74 Å². The first-order valence-corrected chi connectivity index (χ1v) is 6.43. The van der Waals surface area contributed by atoms with Gasteiger partial charge in [0.05, 0.1) is 12.7 Å². The summed E-state index contributed by atoms with van der Waals surface area (Å²) >= 11 is 1.56. The topological polar surface area (TPSA) is 45.9 Å². The molecule has 0 fully saturated rings. The van der Waals surface area contributed by atoms with Crippen LogP contribution >= 0.6 is 11.8 Å². The molecule has 2 aromatic rings. The summed E-state index contributed by atoms with van der Waals surface area (Å²) in [4.78, 5) is 4.21. The van der Waals surface area contributed by atoms with Gasteiger partial charge in [-0.1, -0.05) is 12.1 Å². The Morgan fingerprint density at radius 3 is 2.72 bits per heavy atom. The van der Waals surface area contributed by atoms with E-state index in [9.17, 15) is 0 Å². The number of hydrogen-bond acceptors (Lipinski definition) is 4. The van der Waals surface area contributed by atoms with E-state index in [1.807, 2.05) is 24.3 Å². The molecule has 0 amide bonds. The number of benzene rings is 1. The number of ether oxygens (including phenoxy) is 1. The highest BCUT2D eigenvalue weighted by atomic mass is 32.2. The minimum Gasteiger partial charge on any atom is -0.497 e. The molecule has 1 heterocycles. The number of methoxy groups -OCH3 is 1. The van der Waals surface area contributed by atoms with Crippen molar-refractivity contribution in [2.45, 2.75) is 10.8 Å². The molecule has 0 saturated heterocycles. The molecular formula is C14H12N2OS. The molecule has 2 rings (SSSR count). The van der Waals surface area contributed by atoms with Gasteiger partial charge in [0, 0.05) is 11.9 Å². The molecule has 3 nitrogen and oxygen atoms in total. The van der Waals surface area contributed by atoms with Gasteiger partial charge < -0.3 is 4.74 Å². The van der Waals surface area contributed by atoms with Crippen molar-refractivity contribution in [3.05, 3.63) is 53.7 Å². The van der Waals surface area contributed by atoms with Crippen LogP contribution in [0.2, 0.25) is 0 Å². The van der Waals surface area contributed by atoms with E-state index in [4.69, 9.17) is 10.00 Å². The third-order valence-electron chi connectivity index (χ3n) is 2.43. The van der Waals surface area contributed by atoms with Crippen LogP contribution in [-0.2, 0) is 5.75 Å². The Balaban J connectivity index is 2.05. The molecule has 0 N–H and O–H groups in total. The average Bonchev–Trinajstić information content (AvgIpc) is 2.46. The maximum atomic E-state index is 8.96. The van der Waals surface area contributed by atoms with Crippen LogP contribution in [0, 0.1) is 11.3 Å². The number of nitriles is 1. The third kappa shape index (κ3) is 3.02.